The highest BCUT2D eigenvalue weighted by molar-refractivity contribution is 5.97. The summed E-state index contributed by atoms with van der Waals surface area (Å²) in [5.41, 5.74) is 2.39. The van der Waals surface area contributed by atoms with Gasteiger partial charge >= 0.3 is 0 Å². The lowest BCUT2D eigenvalue weighted by Gasteiger charge is -2.33. The molecule has 20 heavy (non-hydrogen) atoms. The van der Waals surface area contributed by atoms with Gasteiger partial charge in [-0.25, -0.2) is 0 Å². The SMILES string of the molecule is CCCNC1CCCN(c2ccc(CCC)cc2)C1=O. The first kappa shape index (κ1) is 15.0. The van der Waals surface area contributed by atoms with Crippen molar-refractivity contribution in [2.24, 2.45) is 0 Å². The molecule has 110 valence electrons. The number of aryl methyl sites for hydroxylation is 1. The molecular weight excluding hydrogens is 248 g/mol. The Bertz CT molecular complexity index is 427. The van der Waals surface area contributed by atoms with Gasteiger partial charge in [0.25, 0.3) is 0 Å². The Labute approximate surface area is 122 Å². The lowest BCUT2D eigenvalue weighted by atomic mass is 10.0. The Hall–Kier alpha value is -1.35. The van der Waals surface area contributed by atoms with Crippen molar-refractivity contribution >= 4 is 11.6 Å². The first-order chi connectivity index (χ1) is 9.76. The second kappa shape index (κ2) is 7.44. The van der Waals surface area contributed by atoms with E-state index >= 15 is 0 Å². The number of carbonyl (C=O) groups is 1. The summed E-state index contributed by atoms with van der Waals surface area (Å²) in [6.07, 6.45) is 5.36. The van der Waals surface area contributed by atoms with E-state index in [1.165, 1.54) is 5.56 Å². The highest BCUT2D eigenvalue weighted by atomic mass is 16.2. The zero-order valence-electron chi connectivity index (χ0n) is 12.7. The summed E-state index contributed by atoms with van der Waals surface area (Å²) in [7, 11) is 0. The summed E-state index contributed by atoms with van der Waals surface area (Å²) in [5, 5.41) is 3.36. The Kier molecular flexibility index (Phi) is 5.60. The molecule has 1 aromatic carbocycles. The van der Waals surface area contributed by atoms with E-state index in [4.69, 9.17) is 0 Å². The van der Waals surface area contributed by atoms with E-state index in [1.807, 2.05) is 4.90 Å². The van der Waals surface area contributed by atoms with Gasteiger partial charge in [0.05, 0.1) is 6.04 Å². The van der Waals surface area contributed by atoms with E-state index in [-0.39, 0.29) is 11.9 Å². The highest BCUT2D eigenvalue weighted by Gasteiger charge is 2.28. The lowest BCUT2D eigenvalue weighted by Crippen LogP contribution is -2.51. The Morgan fingerprint density at radius 2 is 1.95 bits per heavy atom. The van der Waals surface area contributed by atoms with Crippen LogP contribution in [0, 0.1) is 0 Å². The third-order valence-electron chi connectivity index (χ3n) is 3.87. The van der Waals surface area contributed by atoms with E-state index in [0.29, 0.717) is 0 Å². The number of nitrogens with zero attached hydrogens (tertiary/aromatic N) is 1. The fraction of sp³-hybridized carbons (Fsp3) is 0.588. The van der Waals surface area contributed by atoms with Crippen LogP contribution in [0.2, 0.25) is 0 Å². The molecule has 1 unspecified atom stereocenters. The molecule has 0 radical (unpaired) electrons. The summed E-state index contributed by atoms with van der Waals surface area (Å²) < 4.78 is 0. The van der Waals surface area contributed by atoms with Crippen molar-refractivity contribution < 1.29 is 4.79 Å². The zero-order valence-corrected chi connectivity index (χ0v) is 12.7. The van der Waals surface area contributed by atoms with Crippen LogP contribution < -0.4 is 10.2 Å². The van der Waals surface area contributed by atoms with E-state index in [2.05, 4.69) is 43.4 Å². The molecule has 0 aromatic heterocycles. The largest absolute Gasteiger partial charge is 0.311 e. The molecule has 3 nitrogen and oxygen atoms in total. The normalized spacial score (nSPS) is 19.4. The molecule has 1 aliphatic heterocycles. The van der Waals surface area contributed by atoms with Crippen molar-refractivity contribution in [3.05, 3.63) is 29.8 Å². The average molecular weight is 274 g/mol. The predicted octanol–water partition coefficient (Wildman–Crippen LogP) is 3.13. The Balaban J connectivity index is 2.04. The maximum absolute atomic E-state index is 12.5. The topological polar surface area (TPSA) is 32.3 Å². The molecule has 2 rings (SSSR count). The van der Waals surface area contributed by atoms with Gasteiger partial charge in [-0.2, -0.15) is 0 Å². The molecule has 3 heteroatoms. The molecule has 0 aliphatic carbocycles. The quantitative estimate of drug-likeness (QED) is 0.864. The predicted molar refractivity (Wildman–Crippen MR) is 84.1 cm³/mol. The number of amides is 1. The van der Waals surface area contributed by atoms with Gasteiger partial charge in [-0.1, -0.05) is 32.4 Å². The number of rotatable bonds is 6. The van der Waals surface area contributed by atoms with Crippen LogP contribution in [0.5, 0.6) is 0 Å². The molecule has 0 spiro atoms. The summed E-state index contributed by atoms with van der Waals surface area (Å²) in [5.74, 6) is 0.230. The minimum Gasteiger partial charge on any atom is -0.311 e. The summed E-state index contributed by atoms with van der Waals surface area (Å²) >= 11 is 0. The smallest absolute Gasteiger partial charge is 0.244 e. The Morgan fingerprint density at radius 1 is 1.20 bits per heavy atom. The Morgan fingerprint density at radius 3 is 2.60 bits per heavy atom. The maximum atomic E-state index is 12.5. The molecule has 1 saturated heterocycles. The number of anilines is 1. The molecule has 1 heterocycles. The van der Waals surface area contributed by atoms with Gasteiger partial charge < -0.3 is 10.2 Å². The van der Waals surface area contributed by atoms with E-state index in [0.717, 1.165) is 50.9 Å². The number of benzene rings is 1. The van der Waals surface area contributed by atoms with Gasteiger partial charge in [0, 0.05) is 12.2 Å². The van der Waals surface area contributed by atoms with Crippen molar-refractivity contribution in [2.75, 3.05) is 18.0 Å². The molecule has 1 amide bonds. The fourth-order valence-corrected chi connectivity index (χ4v) is 2.77. The van der Waals surface area contributed by atoms with Gasteiger partial charge in [0.15, 0.2) is 0 Å². The second-order valence-corrected chi connectivity index (χ2v) is 5.56. The summed E-state index contributed by atoms with van der Waals surface area (Å²) in [6.45, 7) is 6.08. The van der Waals surface area contributed by atoms with Gasteiger partial charge in [-0.3, -0.25) is 4.79 Å². The van der Waals surface area contributed by atoms with Crippen LogP contribution in [0.15, 0.2) is 24.3 Å². The third kappa shape index (κ3) is 3.60. The molecule has 1 fully saturated rings. The molecule has 1 N–H and O–H groups in total. The van der Waals surface area contributed by atoms with Crippen LogP contribution >= 0.6 is 0 Å². The zero-order chi connectivity index (χ0) is 14.4. The van der Waals surface area contributed by atoms with E-state index in [1.54, 1.807) is 0 Å². The summed E-state index contributed by atoms with van der Waals surface area (Å²) in [4.78, 5) is 14.4. The number of nitrogens with one attached hydrogen (secondary N) is 1. The van der Waals surface area contributed by atoms with Gasteiger partial charge in [0.2, 0.25) is 5.91 Å². The minimum absolute atomic E-state index is 0.000909. The van der Waals surface area contributed by atoms with Crippen LogP contribution in [0.3, 0.4) is 0 Å². The number of hydrogen-bond donors (Lipinski definition) is 1. The monoisotopic (exact) mass is 274 g/mol. The van der Waals surface area contributed by atoms with Crippen LogP contribution in [0.1, 0.15) is 45.1 Å². The van der Waals surface area contributed by atoms with Crippen molar-refractivity contribution in [3.63, 3.8) is 0 Å². The highest BCUT2D eigenvalue weighted by Crippen LogP contribution is 2.22. The number of carbonyl (C=O) groups excluding carboxylic acids is 1. The van der Waals surface area contributed by atoms with Crippen molar-refractivity contribution in [2.45, 2.75) is 52.0 Å². The van der Waals surface area contributed by atoms with Crippen molar-refractivity contribution in [1.82, 2.24) is 5.32 Å². The molecule has 1 atom stereocenters. The molecular formula is C17H26N2O. The van der Waals surface area contributed by atoms with Crippen molar-refractivity contribution in [3.8, 4) is 0 Å². The van der Waals surface area contributed by atoms with Crippen LogP contribution in [-0.2, 0) is 11.2 Å². The number of piperidine rings is 1. The second-order valence-electron chi connectivity index (χ2n) is 5.56. The number of hydrogen-bond acceptors (Lipinski definition) is 2. The van der Waals surface area contributed by atoms with E-state index in [9.17, 15) is 4.79 Å². The third-order valence-corrected chi connectivity index (χ3v) is 3.87. The van der Waals surface area contributed by atoms with Gasteiger partial charge in [-0.15, -0.1) is 0 Å². The van der Waals surface area contributed by atoms with Gasteiger partial charge in [0.1, 0.15) is 0 Å². The standard InChI is InChI=1S/C17H26N2O/c1-3-6-14-8-10-15(11-9-14)19-13-5-7-16(17(19)20)18-12-4-2/h8-11,16,18H,3-7,12-13H2,1-2H3. The van der Waals surface area contributed by atoms with Crippen LogP contribution in [0.4, 0.5) is 5.69 Å². The van der Waals surface area contributed by atoms with E-state index < -0.39 is 0 Å². The first-order valence-electron chi connectivity index (χ1n) is 7.90. The molecule has 0 saturated carbocycles. The summed E-state index contributed by atoms with van der Waals surface area (Å²) in [6, 6.07) is 8.47. The maximum Gasteiger partial charge on any atom is 0.244 e. The fourth-order valence-electron chi connectivity index (χ4n) is 2.77. The van der Waals surface area contributed by atoms with Crippen molar-refractivity contribution in [1.29, 1.82) is 0 Å². The molecule has 1 aliphatic rings. The van der Waals surface area contributed by atoms with Crippen LogP contribution in [-0.4, -0.2) is 25.0 Å². The molecule has 1 aromatic rings. The lowest BCUT2D eigenvalue weighted by molar-refractivity contribution is -0.121. The average Bonchev–Trinajstić information content (AvgIpc) is 2.48. The van der Waals surface area contributed by atoms with Crippen LogP contribution in [0.25, 0.3) is 0 Å². The molecule has 0 bridgehead atoms. The minimum atomic E-state index is -0.000909. The first-order valence-corrected chi connectivity index (χ1v) is 7.90. The van der Waals surface area contributed by atoms with Gasteiger partial charge in [-0.05, 0) is 49.9 Å².